The fourth-order valence-electron chi connectivity index (χ4n) is 3.88. The molecule has 31 heavy (non-hydrogen) atoms. The van der Waals surface area contributed by atoms with E-state index in [1.165, 1.54) is 10.8 Å². The fraction of sp³-hybridized carbons (Fsp3) is 0.333. The molecule has 3 aromatic rings. The number of amides is 2. The smallest absolute Gasteiger partial charge is 0.242 e. The lowest BCUT2D eigenvalue weighted by Gasteiger charge is -2.29. The number of rotatable bonds is 9. The quantitative estimate of drug-likeness (QED) is 0.532. The average Bonchev–Trinajstić information content (AvgIpc) is 2.79. The molecule has 4 heteroatoms. The molecular formula is C27H32N2O2. The monoisotopic (exact) mass is 416 g/mol. The van der Waals surface area contributed by atoms with Crippen LogP contribution in [-0.4, -0.2) is 29.3 Å². The molecule has 0 aliphatic carbocycles. The van der Waals surface area contributed by atoms with Gasteiger partial charge in [-0.25, -0.2) is 0 Å². The lowest BCUT2D eigenvalue weighted by Crippen LogP contribution is -2.47. The summed E-state index contributed by atoms with van der Waals surface area (Å²) in [6, 6.07) is 22.0. The summed E-state index contributed by atoms with van der Waals surface area (Å²) in [6.45, 7) is 6.91. The van der Waals surface area contributed by atoms with E-state index < -0.39 is 6.04 Å². The van der Waals surface area contributed by atoms with Crippen molar-refractivity contribution in [2.45, 2.75) is 52.6 Å². The summed E-state index contributed by atoms with van der Waals surface area (Å²) in [5.74, 6) is -0.110. The number of aryl methyl sites for hydroxylation is 2. The Balaban J connectivity index is 1.78. The predicted octanol–water partition coefficient (Wildman–Crippen LogP) is 5.02. The van der Waals surface area contributed by atoms with Gasteiger partial charge in [0.1, 0.15) is 6.04 Å². The third-order valence-corrected chi connectivity index (χ3v) is 5.64. The van der Waals surface area contributed by atoms with Crippen LogP contribution < -0.4 is 5.32 Å². The van der Waals surface area contributed by atoms with Crippen LogP contribution >= 0.6 is 0 Å². The molecule has 3 aromatic carbocycles. The predicted molar refractivity (Wildman–Crippen MR) is 127 cm³/mol. The van der Waals surface area contributed by atoms with Gasteiger partial charge in [-0.2, -0.15) is 0 Å². The van der Waals surface area contributed by atoms with Crippen LogP contribution in [-0.2, 0) is 22.6 Å². The summed E-state index contributed by atoms with van der Waals surface area (Å²) in [4.78, 5) is 27.7. The number of hydrogen-bond donors (Lipinski definition) is 1. The number of nitrogens with one attached hydrogen (secondary N) is 1. The van der Waals surface area contributed by atoms with E-state index in [9.17, 15) is 9.59 Å². The van der Waals surface area contributed by atoms with Crippen LogP contribution in [0.5, 0.6) is 0 Å². The Morgan fingerprint density at radius 2 is 1.74 bits per heavy atom. The van der Waals surface area contributed by atoms with Gasteiger partial charge < -0.3 is 10.2 Å². The van der Waals surface area contributed by atoms with Crippen molar-refractivity contribution in [2.75, 3.05) is 6.54 Å². The van der Waals surface area contributed by atoms with Gasteiger partial charge in [0.25, 0.3) is 0 Å². The van der Waals surface area contributed by atoms with Crippen molar-refractivity contribution in [3.05, 3.63) is 83.4 Å². The van der Waals surface area contributed by atoms with Gasteiger partial charge in [0.05, 0.1) is 0 Å². The number of fused-ring (bicyclic) bond motifs is 1. The molecule has 0 radical (unpaired) electrons. The zero-order valence-electron chi connectivity index (χ0n) is 18.7. The number of hydrogen-bond acceptors (Lipinski definition) is 2. The van der Waals surface area contributed by atoms with Gasteiger partial charge in [0, 0.05) is 19.5 Å². The van der Waals surface area contributed by atoms with Crippen LogP contribution in [0.3, 0.4) is 0 Å². The highest BCUT2D eigenvalue weighted by Crippen LogP contribution is 2.21. The molecule has 0 fully saturated rings. The molecule has 0 bridgehead atoms. The third-order valence-electron chi connectivity index (χ3n) is 5.64. The number of carbonyl (C=O) groups is 2. The molecule has 162 valence electrons. The van der Waals surface area contributed by atoms with Gasteiger partial charge in [-0.05, 0) is 48.6 Å². The second-order valence-electron chi connectivity index (χ2n) is 8.12. The topological polar surface area (TPSA) is 49.4 Å². The number of benzene rings is 3. The summed E-state index contributed by atoms with van der Waals surface area (Å²) in [5.41, 5.74) is 3.34. The first-order valence-corrected chi connectivity index (χ1v) is 11.1. The zero-order valence-corrected chi connectivity index (χ0v) is 18.7. The Kier molecular flexibility index (Phi) is 7.82. The summed E-state index contributed by atoms with van der Waals surface area (Å²) in [7, 11) is 0. The van der Waals surface area contributed by atoms with Gasteiger partial charge in [-0.1, -0.05) is 79.2 Å². The van der Waals surface area contributed by atoms with E-state index in [4.69, 9.17) is 0 Å². The minimum Gasteiger partial charge on any atom is -0.354 e. The highest BCUT2D eigenvalue weighted by molar-refractivity contribution is 5.88. The van der Waals surface area contributed by atoms with Crippen molar-refractivity contribution in [1.29, 1.82) is 0 Å². The van der Waals surface area contributed by atoms with E-state index >= 15 is 0 Å². The van der Waals surface area contributed by atoms with E-state index in [1.807, 2.05) is 57.2 Å². The Morgan fingerprint density at radius 1 is 1.00 bits per heavy atom. The van der Waals surface area contributed by atoms with Crippen LogP contribution in [0.2, 0.25) is 0 Å². The van der Waals surface area contributed by atoms with Crippen molar-refractivity contribution >= 4 is 22.6 Å². The number of nitrogens with zero attached hydrogens (tertiary/aromatic N) is 1. The molecule has 0 saturated carbocycles. The van der Waals surface area contributed by atoms with Gasteiger partial charge in [-0.3, -0.25) is 9.59 Å². The van der Waals surface area contributed by atoms with Crippen molar-refractivity contribution in [3.8, 4) is 0 Å². The maximum atomic E-state index is 13.3. The third kappa shape index (κ3) is 5.94. The largest absolute Gasteiger partial charge is 0.354 e. The standard InChI is InChI=1S/C27H32N2O2/c1-4-17-28-27(31)21(3)29(19-22-10-7-9-20(2)18-22)26(30)16-15-24-13-8-12-23-11-5-6-14-25(23)24/h5-14,18,21H,4,15-17,19H2,1-3H3,(H,28,31)/t21-/m0/s1. The molecule has 0 aliphatic heterocycles. The highest BCUT2D eigenvalue weighted by Gasteiger charge is 2.25. The summed E-state index contributed by atoms with van der Waals surface area (Å²) in [6.07, 6.45) is 1.88. The number of carbonyl (C=O) groups excluding carboxylic acids is 2. The van der Waals surface area contributed by atoms with E-state index in [2.05, 4.69) is 35.6 Å². The maximum absolute atomic E-state index is 13.3. The molecule has 3 rings (SSSR count). The summed E-state index contributed by atoms with van der Waals surface area (Å²) in [5, 5.41) is 5.28. The lowest BCUT2D eigenvalue weighted by molar-refractivity contribution is -0.140. The van der Waals surface area contributed by atoms with Gasteiger partial charge in [0.15, 0.2) is 0 Å². The van der Waals surface area contributed by atoms with Crippen molar-refractivity contribution in [1.82, 2.24) is 10.2 Å². The normalized spacial score (nSPS) is 11.8. The van der Waals surface area contributed by atoms with Gasteiger partial charge in [-0.15, -0.1) is 0 Å². The summed E-state index contributed by atoms with van der Waals surface area (Å²) >= 11 is 0. The second-order valence-corrected chi connectivity index (χ2v) is 8.12. The Morgan fingerprint density at radius 3 is 2.52 bits per heavy atom. The van der Waals surface area contributed by atoms with Gasteiger partial charge in [0.2, 0.25) is 11.8 Å². The van der Waals surface area contributed by atoms with Crippen molar-refractivity contribution < 1.29 is 9.59 Å². The Hall–Kier alpha value is -3.14. The molecular weight excluding hydrogens is 384 g/mol. The van der Waals surface area contributed by atoms with E-state index in [1.54, 1.807) is 4.90 Å². The molecule has 1 N–H and O–H groups in total. The maximum Gasteiger partial charge on any atom is 0.242 e. The van der Waals surface area contributed by atoms with Crippen LogP contribution in [0.4, 0.5) is 0 Å². The fourth-order valence-corrected chi connectivity index (χ4v) is 3.88. The van der Waals surface area contributed by atoms with Crippen LogP contribution in [0, 0.1) is 6.92 Å². The molecule has 0 saturated heterocycles. The molecule has 0 unspecified atom stereocenters. The first-order valence-electron chi connectivity index (χ1n) is 11.1. The Labute approximate surface area is 185 Å². The van der Waals surface area contributed by atoms with Crippen LogP contribution in [0.25, 0.3) is 10.8 Å². The Bertz CT molecular complexity index is 1040. The van der Waals surface area contributed by atoms with Gasteiger partial charge >= 0.3 is 0 Å². The first kappa shape index (κ1) is 22.5. The first-order chi connectivity index (χ1) is 15.0. The average molecular weight is 417 g/mol. The SMILES string of the molecule is CCCNC(=O)[C@H](C)N(Cc1cccc(C)c1)C(=O)CCc1cccc2ccccc12. The van der Waals surface area contributed by atoms with E-state index in [0.717, 1.165) is 23.1 Å². The van der Waals surface area contributed by atoms with Crippen molar-refractivity contribution in [2.24, 2.45) is 0 Å². The molecule has 0 heterocycles. The van der Waals surface area contributed by atoms with Crippen LogP contribution in [0.15, 0.2) is 66.7 Å². The molecule has 0 aliphatic rings. The highest BCUT2D eigenvalue weighted by atomic mass is 16.2. The van der Waals surface area contributed by atoms with Crippen molar-refractivity contribution in [3.63, 3.8) is 0 Å². The minimum atomic E-state index is -0.521. The van der Waals surface area contributed by atoms with Crippen LogP contribution in [0.1, 0.15) is 43.4 Å². The molecule has 4 nitrogen and oxygen atoms in total. The minimum absolute atomic E-state index is 0.00594. The van der Waals surface area contributed by atoms with E-state index in [0.29, 0.717) is 25.9 Å². The van der Waals surface area contributed by atoms with E-state index in [-0.39, 0.29) is 11.8 Å². The second kappa shape index (κ2) is 10.8. The molecule has 0 aromatic heterocycles. The lowest BCUT2D eigenvalue weighted by atomic mass is 10.0. The zero-order chi connectivity index (χ0) is 22.2. The molecule has 1 atom stereocenters. The summed E-state index contributed by atoms with van der Waals surface area (Å²) < 4.78 is 0. The molecule has 0 spiro atoms. The molecule has 2 amide bonds.